The van der Waals surface area contributed by atoms with Crippen LogP contribution in [0.3, 0.4) is 0 Å². The highest BCUT2D eigenvalue weighted by molar-refractivity contribution is 7.19. The fraction of sp³-hybridized carbons (Fsp3) is 0.600. The molecule has 2 heterocycles. The minimum atomic E-state index is -4.30. The smallest absolute Gasteiger partial charge is 0.370 e. The molecule has 0 aliphatic heterocycles. The van der Waals surface area contributed by atoms with Crippen LogP contribution in [-0.4, -0.2) is 35.4 Å². The molecule has 8 heteroatoms. The standard InChI is InChI=1S/C15H18F3N3OS/c1-8(6-22-7-15(16,17)18)19-13-12-10-4-3-5-11(10)23-14(12)21-9(2)20-13/h8H,3-7H2,1-2H3,(H,19,20,21). The molecule has 1 unspecified atom stereocenters. The van der Waals surface area contributed by atoms with E-state index in [0.29, 0.717) is 11.6 Å². The largest absolute Gasteiger partial charge is 0.411 e. The van der Waals surface area contributed by atoms with Gasteiger partial charge in [-0.05, 0) is 38.7 Å². The second-order valence-electron chi connectivity index (χ2n) is 5.83. The monoisotopic (exact) mass is 345 g/mol. The number of fused-ring (bicyclic) bond motifs is 3. The zero-order valence-corrected chi connectivity index (χ0v) is 13.8. The molecule has 0 spiro atoms. The second kappa shape index (κ2) is 6.24. The van der Waals surface area contributed by atoms with Gasteiger partial charge in [-0.25, -0.2) is 9.97 Å². The molecule has 0 radical (unpaired) electrons. The molecule has 0 aromatic carbocycles. The van der Waals surface area contributed by atoms with Gasteiger partial charge in [0.05, 0.1) is 12.0 Å². The SMILES string of the molecule is Cc1nc(NC(C)COCC(F)(F)F)c2c3c(sc2n1)CCC3. The zero-order valence-electron chi connectivity index (χ0n) is 13.0. The quantitative estimate of drug-likeness (QED) is 0.894. The first kappa shape index (κ1) is 16.4. The number of hydrogen-bond donors (Lipinski definition) is 1. The number of hydrogen-bond acceptors (Lipinski definition) is 5. The van der Waals surface area contributed by atoms with Crippen molar-refractivity contribution in [1.82, 2.24) is 9.97 Å². The van der Waals surface area contributed by atoms with Crippen LogP contribution in [0, 0.1) is 6.92 Å². The molecule has 1 aliphatic rings. The van der Waals surface area contributed by atoms with E-state index in [0.717, 1.165) is 29.5 Å². The van der Waals surface area contributed by atoms with E-state index in [1.807, 2.05) is 6.92 Å². The third-order valence-electron chi connectivity index (χ3n) is 3.69. The normalized spacial score (nSPS) is 15.9. The fourth-order valence-corrected chi connectivity index (χ4v) is 4.14. The van der Waals surface area contributed by atoms with Gasteiger partial charge in [-0.15, -0.1) is 11.3 Å². The van der Waals surface area contributed by atoms with Gasteiger partial charge in [0.1, 0.15) is 23.1 Å². The van der Waals surface area contributed by atoms with Crippen LogP contribution in [0.4, 0.5) is 19.0 Å². The van der Waals surface area contributed by atoms with Crippen LogP contribution in [-0.2, 0) is 17.6 Å². The van der Waals surface area contributed by atoms with Crippen molar-refractivity contribution in [3.05, 3.63) is 16.3 Å². The molecule has 4 nitrogen and oxygen atoms in total. The van der Waals surface area contributed by atoms with Gasteiger partial charge < -0.3 is 10.1 Å². The van der Waals surface area contributed by atoms with E-state index in [1.165, 1.54) is 10.4 Å². The summed E-state index contributed by atoms with van der Waals surface area (Å²) in [7, 11) is 0. The Morgan fingerprint density at radius 3 is 2.83 bits per heavy atom. The summed E-state index contributed by atoms with van der Waals surface area (Å²) in [4.78, 5) is 11.2. The van der Waals surface area contributed by atoms with Crippen molar-refractivity contribution in [2.75, 3.05) is 18.5 Å². The molecule has 2 aromatic rings. The van der Waals surface area contributed by atoms with Crippen LogP contribution >= 0.6 is 11.3 Å². The maximum Gasteiger partial charge on any atom is 0.411 e. The Balaban J connectivity index is 1.77. The van der Waals surface area contributed by atoms with Gasteiger partial charge >= 0.3 is 6.18 Å². The molecule has 1 N–H and O–H groups in total. The summed E-state index contributed by atoms with van der Waals surface area (Å²) in [5, 5.41) is 4.21. The van der Waals surface area contributed by atoms with Gasteiger partial charge in [0.15, 0.2) is 0 Å². The van der Waals surface area contributed by atoms with E-state index in [9.17, 15) is 13.2 Å². The Bertz CT molecular complexity index is 714. The van der Waals surface area contributed by atoms with E-state index in [1.54, 1.807) is 18.3 Å². The van der Waals surface area contributed by atoms with Crippen molar-refractivity contribution in [1.29, 1.82) is 0 Å². The van der Waals surface area contributed by atoms with Crippen molar-refractivity contribution in [2.45, 2.75) is 45.3 Å². The molecule has 0 saturated carbocycles. The fourth-order valence-electron chi connectivity index (χ4n) is 2.83. The summed E-state index contributed by atoms with van der Waals surface area (Å²) in [5.74, 6) is 1.36. The second-order valence-corrected chi connectivity index (χ2v) is 6.92. The molecule has 1 aliphatic carbocycles. The van der Waals surface area contributed by atoms with Crippen LogP contribution < -0.4 is 5.32 Å². The predicted octanol–water partition coefficient (Wildman–Crippen LogP) is 3.87. The van der Waals surface area contributed by atoms with Crippen molar-refractivity contribution in [3.63, 3.8) is 0 Å². The molecule has 0 fully saturated rings. The molecule has 23 heavy (non-hydrogen) atoms. The van der Waals surface area contributed by atoms with Crippen molar-refractivity contribution in [3.8, 4) is 0 Å². The Morgan fingerprint density at radius 2 is 2.09 bits per heavy atom. The number of halogens is 3. The first-order valence-electron chi connectivity index (χ1n) is 7.53. The molecule has 0 saturated heterocycles. The van der Waals surface area contributed by atoms with Crippen LogP contribution in [0.2, 0.25) is 0 Å². The molecule has 2 aromatic heterocycles. The Labute approximate surface area is 136 Å². The van der Waals surface area contributed by atoms with Crippen molar-refractivity contribution in [2.24, 2.45) is 0 Å². The van der Waals surface area contributed by atoms with Crippen LogP contribution in [0.25, 0.3) is 10.2 Å². The molecule has 0 bridgehead atoms. The number of anilines is 1. The first-order chi connectivity index (χ1) is 10.8. The number of rotatable bonds is 5. The third kappa shape index (κ3) is 3.74. The van der Waals surface area contributed by atoms with Gasteiger partial charge in [-0.3, -0.25) is 0 Å². The summed E-state index contributed by atoms with van der Waals surface area (Å²) in [6.45, 7) is 2.34. The minimum Gasteiger partial charge on any atom is -0.370 e. The van der Waals surface area contributed by atoms with Crippen LogP contribution in [0.1, 0.15) is 29.6 Å². The first-order valence-corrected chi connectivity index (χ1v) is 8.35. The van der Waals surface area contributed by atoms with Gasteiger partial charge in [0, 0.05) is 10.9 Å². The zero-order chi connectivity index (χ0) is 16.6. The van der Waals surface area contributed by atoms with Crippen LogP contribution in [0.5, 0.6) is 0 Å². The molecular formula is C15H18F3N3OS. The molecule has 1 atom stereocenters. The van der Waals surface area contributed by atoms with Gasteiger partial charge in [0.2, 0.25) is 0 Å². The number of aryl methyl sites for hydroxylation is 3. The van der Waals surface area contributed by atoms with Crippen molar-refractivity contribution < 1.29 is 17.9 Å². The minimum absolute atomic E-state index is 0.0314. The maximum absolute atomic E-state index is 12.1. The third-order valence-corrected chi connectivity index (χ3v) is 4.88. The lowest BCUT2D eigenvalue weighted by Gasteiger charge is -2.17. The van der Waals surface area contributed by atoms with Gasteiger partial charge in [0.25, 0.3) is 0 Å². The van der Waals surface area contributed by atoms with Crippen LogP contribution in [0.15, 0.2) is 0 Å². The summed E-state index contributed by atoms with van der Waals surface area (Å²) in [6.07, 6.45) is -1.09. The highest BCUT2D eigenvalue weighted by Crippen LogP contribution is 2.39. The van der Waals surface area contributed by atoms with Gasteiger partial charge in [-0.1, -0.05) is 0 Å². The van der Waals surface area contributed by atoms with E-state index in [-0.39, 0.29) is 12.6 Å². The number of ether oxygens (including phenoxy) is 1. The predicted molar refractivity (Wildman–Crippen MR) is 84.1 cm³/mol. The highest BCUT2D eigenvalue weighted by atomic mass is 32.1. The average Bonchev–Trinajstić information content (AvgIpc) is 2.96. The summed E-state index contributed by atoms with van der Waals surface area (Å²) >= 11 is 1.69. The summed E-state index contributed by atoms with van der Waals surface area (Å²) in [6, 6.07) is -0.271. The summed E-state index contributed by atoms with van der Waals surface area (Å²) in [5.41, 5.74) is 1.29. The molecule has 3 rings (SSSR count). The van der Waals surface area contributed by atoms with Crippen molar-refractivity contribution >= 4 is 27.4 Å². The number of aromatic nitrogens is 2. The lowest BCUT2D eigenvalue weighted by molar-refractivity contribution is -0.174. The number of nitrogens with zero attached hydrogens (tertiary/aromatic N) is 2. The number of alkyl halides is 3. The Kier molecular flexibility index (Phi) is 4.46. The number of nitrogens with one attached hydrogen (secondary N) is 1. The maximum atomic E-state index is 12.1. The Morgan fingerprint density at radius 1 is 1.30 bits per heavy atom. The van der Waals surface area contributed by atoms with Gasteiger partial charge in [-0.2, -0.15) is 13.2 Å². The van der Waals surface area contributed by atoms with E-state index < -0.39 is 12.8 Å². The topological polar surface area (TPSA) is 47.0 Å². The highest BCUT2D eigenvalue weighted by Gasteiger charge is 2.28. The lowest BCUT2D eigenvalue weighted by atomic mass is 10.2. The lowest BCUT2D eigenvalue weighted by Crippen LogP contribution is -2.26. The average molecular weight is 345 g/mol. The Hall–Kier alpha value is -1.41. The van der Waals surface area contributed by atoms with E-state index in [2.05, 4.69) is 15.3 Å². The van der Waals surface area contributed by atoms with E-state index >= 15 is 0 Å². The van der Waals surface area contributed by atoms with E-state index in [4.69, 9.17) is 4.74 Å². The molecule has 0 amide bonds. The molecule has 126 valence electrons. The number of thiophene rings is 1. The molecular weight excluding hydrogens is 327 g/mol. The summed E-state index contributed by atoms with van der Waals surface area (Å²) < 4.78 is 41.1.